The third kappa shape index (κ3) is 3.77. The summed E-state index contributed by atoms with van der Waals surface area (Å²) in [4.78, 5) is 20.2. The molecule has 4 aromatic rings. The van der Waals surface area contributed by atoms with Gasteiger partial charge in [-0.25, -0.2) is 0 Å². The number of anilines is 1. The fraction of sp³-hybridized carbons (Fsp3) is 0.190. The number of rotatable bonds is 5. The molecule has 146 valence electrons. The summed E-state index contributed by atoms with van der Waals surface area (Å²) in [6.07, 6.45) is 1.60. The highest BCUT2D eigenvalue weighted by atomic mass is 16.2. The Bertz CT molecular complexity index is 1150. The first-order chi connectivity index (χ1) is 14.0. The fourth-order valence-electron chi connectivity index (χ4n) is 3.02. The van der Waals surface area contributed by atoms with Crippen molar-refractivity contribution in [1.82, 2.24) is 29.7 Å². The van der Waals surface area contributed by atoms with Gasteiger partial charge in [0.1, 0.15) is 11.5 Å². The molecule has 0 aliphatic rings. The van der Waals surface area contributed by atoms with Crippen LogP contribution in [0.1, 0.15) is 15.9 Å². The zero-order valence-electron chi connectivity index (χ0n) is 16.5. The van der Waals surface area contributed by atoms with Crippen LogP contribution in [0.4, 0.5) is 5.82 Å². The zero-order valence-corrected chi connectivity index (χ0v) is 16.5. The van der Waals surface area contributed by atoms with E-state index in [0.29, 0.717) is 22.7 Å². The van der Waals surface area contributed by atoms with Crippen LogP contribution >= 0.6 is 0 Å². The maximum atomic E-state index is 12.3. The predicted octanol–water partition coefficient (Wildman–Crippen LogP) is 2.52. The number of fused-ring (bicyclic) bond motifs is 1. The second-order valence-electron chi connectivity index (χ2n) is 6.96. The molecule has 1 amide bonds. The molecule has 0 aliphatic carbocycles. The zero-order chi connectivity index (χ0) is 20.4. The van der Waals surface area contributed by atoms with Crippen LogP contribution in [0.5, 0.6) is 0 Å². The molecule has 0 radical (unpaired) electrons. The van der Waals surface area contributed by atoms with E-state index in [1.165, 1.54) is 10.5 Å². The Labute approximate surface area is 168 Å². The molecular weight excluding hydrogens is 366 g/mol. The van der Waals surface area contributed by atoms with Crippen LogP contribution in [0.25, 0.3) is 17.2 Å². The summed E-state index contributed by atoms with van der Waals surface area (Å²) in [5.41, 5.74) is 2.88. The molecule has 0 aliphatic heterocycles. The number of pyridine rings is 1. The van der Waals surface area contributed by atoms with E-state index in [4.69, 9.17) is 5.10 Å². The van der Waals surface area contributed by atoms with Gasteiger partial charge in [0.15, 0.2) is 5.65 Å². The molecule has 0 saturated carbocycles. The van der Waals surface area contributed by atoms with Gasteiger partial charge in [0.2, 0.25) is 5.82 Å². The highest BCUT2D eigenvalue weighted by Crippen LogP contribution is 2.19. The molecule has 3 heterocycles. The topological polar surface area (TPSA) is 79.5 Å². The maximum Gasteiger partial charge on any atom is 0.253 e. The van der Waals surface area contributed by atoms with E-state index in [1.807, 2.05) is 37.4 Å². The minimum Gasteiger partial charge on any atom is -0.354 e. The standard InChI is InChI=1S/C21H21N7O/c1-26(2)21(29)16-11-12-22-17(13-16)20-24-23-18-9-10-19(25-28(18)20)27(3)14-15-7-5-4-6-8-15/h4-13H,14H2,1-3H3. The van der Waals surface area contributed by atoms with Crippen molar-refractivity contribution in [3.05, 3.63) is 71.9 Å². The summed E-state index contributed by atoms with van der Waals surface area (Å²) in [6, 6.07) is 17.4. The Hall–Kier alpha value is -3.81. The lowest BCUT2D eigenvalue weighted by molar-refractivity contribution is 0.0827. The maximum absolute atomic E-state index is 12.3. The van der Waals surface area contributed by atoms with Gasteiger partial charge in [-0.1, -0.05) is 30.3 Å². The average Bonchev–Trinajstić information content (AvgIpc) is 3.17. The number of carbonyl (C=O) groups excluding carboxylic acids is 1. The Morgan fingerprint density at radius 2 is 1.79 bits per heavy atom. The summed E-state index contributed by atoms with van der Waals surface area (Å²) in [5, 5.41) is 13.1. The lowest BCUT2D eigenvalue weighted by atomic mass is 10.2. The number of aromatic nitrogens is 5. The van der Waals surface area contributed by atoms with E-state index in [2.05, 4.69) is 32.2 Å². The third-order valence-corrected chi connectivity index (χ3v) is 4.54. The van der Waals surface area contributed by atoms with E-state index in [9.17, 15) is 4.79 Å². The van der Waals surface area contributed by atoms with E-state index in [-0.39, 0.29) is 5.91 Å². The molecule has 0 N–H and O–H groups in total. The van der Waals surface area contributed by atoms with Crippen molar-refractivity contribution < 1.29 is 4.79 Å². The van der Waals surface area contributed by atoms with Crippen molar-refractivity contribution in [3.63, 3.8) is 0 Å². The normalized spacial score (nSPS) is 10.9. The van der Waals surface area contributed by atoms with Crippen molar-refractivity contribution in [2.24, 2.45) is 0 Å². The summed E-state index contributed by atoms with van der Waals surface area (Å²) in [6.45, 7) is 0.724. The quantitative estimate of drug-likeness (QED) is 0.524. The van der Waals surface area contributed by atoms with Crippen LogP contribution in [-0.4, -0.2) is 56.7 Å². The van der Waals surface area contributed by atoms with Gasteiger partial charge in [0.05, 0.1) is 0 Å². The van der Waals surface area contributed by atoms with Gasteiger partial charge in [-0.3, -0.25) is 9.78 Å². The van der Waals surface area contributed by atoms with Crippen molar-refractivity contribution >= 4 is 17.4 Å². The molecular formula is C21H21N7O. The van der Waals surface area contributed by atoms with Crippen molar-refractivity contribution in [2.45, 2.75) is 6.54 Å². The largest absolute Gasteiger partial charge is 0.354 e. The smallest absolute Gasteiger partial charge is 0.253 e. The molecule has 0 unspecified atom stereocenters. The van der Waals surface area contributed by atoms with E-state index >= 15 is 0 Å². The van der Waals surface area contributed by atoms with Gasteiger partial charge in [0, 0.05) is 39.4 Å². The first kappa shape index (κ1) is 18.5. The Morgan fingerprint density at radius 3 is 2.55 bits per heavy atom. The van der Waals surface area contributed by atoms with Crippen LogP contribution in [0.3, 0.4) is 0 Å². The van der Waals surface area contributed by atoms with Gasteiger partial charge in [-0.05, 0) is 29.8 Å². The van der Waals surface area contributed by atoms with Crippen LogP contribution in [0, 0.1) is 0 Å². The predicted molar refractivity (Wildman–Crippen MR) is 111 cm³/mol. The molecule has 3 aromatic heterocycles. The second-order valence-corrected chi connectivity index (χ2v) is 6.96. The Kier molecular flexibility index (Phi) is 4.90. The van der Waals surface area contributed by atoms with Crippen molar-refractivity contribution in [3.8, 4) is 11.5 Å². The first-order valence-electron chi connectivity index (χ1n) is 9.18. The van der Waals surface area contributed by atoms with E-state index < -0.39 is 0 Å². The van der Waals surface area contributed by atoms with Gasteiger partial charge in [-0.15, -0.1) is 15.3 Å². The molecule has 4 rings (SSSR count). The fourth-order valence-corrected chi connectivity index (χ4v) is 3.02. The van der Waals surface area contributed by atoms with Gasteiger partial charge >= 0.3 is 0 Å². The minimum atomic E-state index is -0.0984. The van der Waals surface area contributed by atoms with Crippen LogP contribution in [0.2, 0.25) is 0 Å². The molecule has 8 nitrogen and oxygen atoms in total. The molecule has 1 aromatic carbocycles. The minimum absolute atomic E-state index is 0.0984. The van der Waals surface area contributed by atoms with Crippen molar-refractivity contribution in [2.75, 3.05) is 26.0 Å². The highest BCUT2D eigenvalue weighted by molar-refractivity contribution is 5.94. The lowest BCUT2D eigenvalue weighted by Gasteiger charge is -2.18. The van der Waals surface area contributed by atoms with Gasteiger partial charge in [-0.2, -0.15) is 4.52 Å². The Balaban J connectivity index is 1.69. The molecule has 8 heteroatoms. The number of benzene rings is 1. The first-order valence-corrected chi connectivity index (χ1v) is 9.18. The third-order valence-electron chi connectivity index (χ3n) is 4.54. The summed E-state index contributed by atoms with van der Waals surface area (Å²) in [7, 11) is 5.41. The summed E-state index contributed by atoms with van der Waals surface area (Å²) < 4.78 is 1.66. The molecule has 29 heavy (non-hydrogen) atoms. The monoisotopic (exact) mass is 387 g/mol. The number of amides is 1. The number of hydrogen-bond donors (Lipinski definition) is 0. The highest BCUT2D eigenvalue weighted by Gasteiger charge is 2.15. The summed E-state index contributed by atoms with van der Waals surface area (Å²) >= 11 is 0. The number of carbonyl (C=O) groups is 1. The average molecular weight is 387 g/mol. The summed E-state index contributed by atoms with van der Waals surface area (Å²) in [5.74, 6) is 1.17. The lowest BCUT2D eigenvalue weighted by Crippen LogP contribution is -2.21. The van der Waals surface area contributed by atoms with Crippen LogP contribution < -0.4 is 4.90 Å². The van der Waals surface area contributed by atoms with Crippen LogP contribution in [-0.2, 0) is 6.54 Å². The Morgan fingerprint density at radius 1 is 1.00 bits per heavy atom. The molecule has 0 spiro atoms. The van der Waals surface area contributed by atoms with Crippen LogP contribution in [0.15, 0.2) is 60.8 Å². The molecule has 0 fully saturated rings. The number of hydrogen-bond acceptors (Lipinski definition) is 6. The SMILES string of the molecule is CN(C)C(=O)c1ccnc(-c2nnc3ccc(N(C)Cc4ccccc4)nn23)c1. The molecule has 0 atom stereocenters. The molecule has 0 saturated heterocycles. The van der Waals surface area contributed by atoms with Crippen molar-refractivity contribution in [1.29, 1.82) is 0 Å². The van der Waals surface area contributed by atoms with E-state index in [0.717, 1.165) is 12.4 Å². The second kappa shape index (κ2) is 7.67. The number of nitrogens with zero attached hydrogens (tertiary/aromatic N) is 7. The molecule has 0 bridgehead atoms. The van der Waals surface area contributed by atoms with Gasteiger partial charge in [0.25, 0.3) is 5.91 Å². The van der Waals surface area contributed by atoms with Gasteiger partial charge < -0.3 is 9.80 Å². The van der Waals surface area contributed by atoms with E-state index in [1.54, 1.807) is 36.9 Å².